The molecule has 0 spiro atoms. The fraction of sp³-hybridized carbons (Fsp3) is 0.579. The molecule has 1 heterocycles. The van der Waals surface area contributed by atoms with Crippen molar-refractivity contribution in [2.45, 2.75) is 65.1 Å². The minimum Gasteiger partial charge on any atom is -0.598 e. The van der Waals surface area contributed by atoms with Crippen LogP contribution >= 0.6 is 15.9 Å². The Morgan fingerprint density at radius 1 is 1.14 bits per heavy atom. The van der Waals surface area contributed by atoms with Gasteiger partial charge in [-0.1, -0.05) is 20.8 Å². The maximum Gasteiger partial charge on any atom is 0.412 e. The first kappa shape index (κ1) is 23.5. The van der Waals surface area contributed by atoms with E-state index in [1.807, 2.05) is 20.8 Å². The monoisotopic (exact) mass is 484 g/mol. The summed E-state index contributed by atoms with van der Waals surface area (Å²) in [6.07, 6.45) is -3.32. The Hall–Kier alpha value is -0.770. The van der Waals surface area contributed by atoms with Crippen molar-refractivity contribution >= 4 is 38.2 Å². The van der Waals surface area contributed by atoms with Crippen LogP contribution in [0.25, 0.3) is 10.9 Å². The van der Waals surface area contributed by atoms with Gasteiger partial charge in [-0.3, -0.25) is 0 Å². The van der Waals surface area contributed by atoms with Gasteiger partial charge in [-0.05, 0) is 54.2 Å². The number of halogens is 5. The molecule has 0 saturated carbocycles. The predicted octanol–water partition coefficient (Wildman–Crippen LogP) is 6.24. The van der Waals surface area contributed by atoms with Crippen molar-refractivity contribution in [3.05, 3.63) is 34.2 Å². The summed E-state index contributed by atoms with van der Waals surface area (Å²) in [7, 11) is 0. The lowest BCUT2D eigenvalue weighted by molar-refractivity contribution is -0.152. The number of alkyl halides is 3. The molecule has 0 aliphatic rings. The molecule has 0 saturated heterocycles. The Morgan fingerprint density at radius 3 is 2.18 bits per heavy atom. The summed E-state index contributed by atoms with van der Waals surface area (Å²) in [5.74, 6) is -0.653. The maximum absolute atomic E-state index is 14.2. The van der Waals surface area contributed by atoms with E-state index in [1.165, 1.54) is 12.3 Å². The fourth-order valence-corrected chi connectivity index (χ4v) is 3.93. The molecular weight excluding hydrogens is 460 g/mol. The van der Waals surface area contributed by atoms with Crippen molar-refractivity contribution in [2.75, 3.05) is 0 Å². The molecule has 28 heavy (non-hydrogen) atoms. The van der Waals surface area contributed by atoms with Gasteiger partial charge in [-0.25, -0.2) is 4.39 Å². The quantitative estimate of drug-likeness (QED) is 0.411. The average molecular weight is 485 g/mol. The third-order valence-electron chi connectivity index (χ3n) is 4.02. The topological polar surface area (TPSA) is 40.0 Å². The molecule has 2 aromatic rings. The van der Waals surface area contributed by atoms with Crippen LogP contribution in [0, 0.1) is 11.2 Å². The third-order valence-corrected chi connectivity index (χ3v) is 6.19. The average Bonchev–Trinajstić information content (AvgIpc) is 2.78. The highest BCUT2D eigenvalue weighted by molar-refractivity contribution is 9.10. The van der Waals surface area contributed by atoms with Gasteiger partial charge < -0.3 is 9.12 Å². The van der Waals surface area contributed by atoms with Crippen LogP contribution in [0.1, 0.15) is 53.1 Å². The molecule has 1 aromatic heterocycles. The number of aromatic nitrogens is 1. The number of nitrogens with one attached hydrogen (secondary N) is 1. The summed E-state index contributed by atoms with van der Waals surface area (Å²) in [4.78, 5) is 0. The number of hydrogen-bond donors (Lipinski definition) is 1. The molecule has 0 radical (unpaired) electrons. The molecule has 9 heteroatoms. The molecule has 2 atom stereocenters. The Kier molecular flexibility index (Phi) is 6.56. The van der Waals surface area contributed by atoms with Gasteiger partial charge in [0.25, 0.3) is 0 Å². The first-order valence-corrected chi connectivity index (χ1v) is 10.7. The number of benzene rings is 1. The molecule has 0 bridgehead atoms. The second kappa shape index (κ2) is 7.81. The highest BCUT2D eigenvalue weighted by atomic mass is 79.9. The van der Waals surface area contributed by atoms with E-state index < -0.39 is 34.1 Å². The van der Waals surface area contributed by atoms with Crippen LogP contribution in [0.2, 0.25) is 0 Å². The van der Waals surface area contributed by atoms with Crippen LogP contribution < -0.4 is 4.72 Å². The summed E-state index contributed by atoms with van der Waals surface area (Å²) < 4.78 is 71.5. The first-order chi connectivity index (χ1) is 12.5. The Labute approximate surface area is 174 Å². The molecule has 0 amide bonds. The Balaban J connectivity index is 2.69. The summed E-state index contributed by atoms with van der Waals surface area (Å²) >= 11 is 1.15. The van der Waals surface area contributed by atoms with E-state index in [1.54, 1.807) is 25.3 Å². The zero-order valence-corrected chi connectivity index (χ0v) is 19.1. The standard InChI is InChI=1S/C19H25BrF4N2OS/c1-17(2,3)10-26-9-12(11-7-14(21)13(20)8-15(11)26)16(19(22,23)24)25-28(27)18(4,5)6/h7-9,16,25H,10H2,1-6H3/t16-,28-/m0/s1. The highest BCUT2D eigenvalue weighted by Crippen LogP contribution is 2.40. The molecule has 1 aromatic carbocycles. The SMILES string of the molecule is CC(C)(C)Cn1cc([C@H](N[S@@+]([O-])C(C)(C)C)C(F)(F)F)c2cc(F)c(Br)cc21. The van der Waals surface area contributed by atoms with Crippen LogP contribution in [0.4, 0.5) is 17.6 Å². The van der Waals surface area contributed by atoms with E-state index in [2.05, 4.69) is 20.7 Å². The van der Waals surface area contributed by atoms with Gasteiger partial charge >= 0.3 is 6.18 Å². The van der Waals surface area contributed by atoms with Crippen molar-refractivity contribution < 1.29 is 22.1 Å². The lowest BCUT2D eigenvalue weighted by Crippen LogP contribution is -2.45. The van der Waals surface area contributed by atoms with Gasteiger partial charge in [0.15, 0.2) is 6.04 Å². The Bertz CT molecular complexity index is 853. The van der Waals surface area contributed by atoms with E-state index in [9.17, 15) is 22.1 Å². The van der Waals surface area contributed by atoms with E-state index in [4.69, 9.17) is 0 Å². The molecule has 0 aliphatic carbocycles. The lowest BCUT2D eigenvalue weighted by Gasteiger charge is -2.29. The van der Waals surface area contributed by atoms with Crippen molar-refractivity contribution in [1.82, 2.24) is 9.29 Å². The van der Waals surface area contributed by atoms with Gasteiger partial charge in [0.05, 0.1) is 4.47 Å². The van der Waals surface area contributed by atoms with Crippen molar-refractivity contribution in [2.24, 2.45) is 5.41 Å². The van der Waals surface area contributed by atoms with Gasteiger partial charge in [-0.15, -0.1) is 4.72 Å². The molecular formula is C19H25BrF4N2OS. The smallest absolute Gasteiger partial charge is 0.412 e. The second-order valence-electron chi connectivity index (χ2n) is 9.03. The Morgan fingerprint density at radius 2 is 1.71 bits per heavy atom. The predicted molar refractivity (Wildman–Crippen MR) is 109 cm³/mol. The van der Waals surface area contributed by atoms with E-state index in [-0.39, 0.29) is 20.8 Å². The molecule has 1 N–H and O–H groups in total. The van der Waals surface area contributed by atoms with Gasteiger partial charge in [-0.2, -0.15) is 13.2 Å². The molecule has 0 aliphatic heterocycles. The van der Waals surface area contributed by atoms with E-state index in [0.29, 0.717) is 12.1 Å². The molecule has 3 nitrogen and oxygen atoms in total. The highest BCUT2D eigenvalue weighted by Gasteiger charge is 2.47. The normalized spacial score (nSPS) is 15.9. The second-order valence-corrected chi connectivity index (χ2v) is 11.9. The minimum atomic E-state index is -4.70. The van der Waals surface area contributed by atoms with Crippen LogP contribution in [0.15, 0.2) is 22.8 Å². The van der Waals surface area contributed by atoms with Crippen LogP contribution in [-0.4, -0.2) is 20.0 Å². The molecule has 158 valence electrons. The van der Waals surface area contributed by atoms with Gasteiger partial charge in [0.1, 0.15) is 10.6 Å². The summed E-state index contributed by atoms with van der Waals surface area (Å²) in [6, 6.07) is 0.388. The van der Waals surface area contributed by atoms with Crippen molar-refractivity contribution in [3.63, 3.8) is 0 Å². The van der Waals surface area contributed by atoms with Gasteiger partial charge in [0, 0.05) is 40.6 Å². The van der Waals surface area contributed by atoms with E-state index >= 15 is 0 Å². The summed E-state index contributed by atoms with van der Waals surface area (Å²) in [6.45, 7) is 11.1. The molecule has 2 rings (SSSR count). The fourth-order valence-electron chi connectivity index (χ4n) is 2.77. The largest absolute Gasteiger partial charge is 0.598 e. The number of nitrogens with zero attached hydrogens (tertiary/aromatic N) is 1. The van der Waals surface area contributed by atoms with Crippen molar-refractivity contribution in [3.8, 4) is 0 Å². The number of fused-ring (bicyclic) bond motifs is 1. The maximum atomic E-state index is 14.2. The third kappa shape index (κ3) is 5.43. The van der Waals surface area contributed by atoms with Crippen LogP contribution in [0.3, 0.4) is 0 Å². The first-order valence-electron chi connectivity index (χ1n) is 8.73. The summed E-state index contributed by atoms with van der Waals surface area (Å²) in [5.41, 5.74) is 0.131. The molecule has 0 fully saturated rings. The lowest BCUT2D eigenvalue weighted by atomic mass is 9.97. The van der Waals surface area contributed by atoms with Crippen LogP contribution in [0.5, 0.6) is 0 Å². The number of rotatable bonds is 4. The molecule has 0 unspecified atom stereocenters. The minimum absolute atomic E-state index is 0.143. The van der Waals surface area contributed by atoms with Gasteiger partial charge in [0.2, 0.25) is 0 Å². The van der Waals surface area contributed by atoms with Crippen LogP contribution in [-0.2, 0) is 17.9 Å². The van der Waals surface area contributed by atoms with Crippen molar-refractivity contribution in [1.29, 1.82) is 0 Å². The number of hydrogen-bond acceptors (Lipinski definition) is 2. The zero-order valence-electron chi connectivity index (χ0n) is 16.7. The zero-order chi connectivity index (χ0) is 21.7. The van der Waals surface area contributed by atoms with E-state index in [0.717, 1.165) is 6.07 Å². The summed E-state index contributed by atoms with van der Waals surface area (Å²) in [5, 5.41) is 0.144.